The van der Waals surface area contributed by atoms with Crippen LogP contribution >= 0.6 is 0 Å². The number of nitrogens with zero attached hydrogens (tertiary/aromatic N) is 3. The summed E-state index contributed by atoms with van der Waals surface area (Å²) in [6.45, 7) is 6.96. The van der Waals surface area contributed by atoms with Crippen LogP contribution in [0.3, 0.4) is 0 Å². The highest BCUT2D eigenvalue weighted by Crippen LogP contribution is 2.12. The van der Waals surface area contributed by atoms with Gasteiger partial charge in [-0.25, -0.2) is 4.79 Å². The zero-order chi connectivity index (χ0) is 20.5. The molecule has 0 aliphatic carbocycles. The first-order valence-corrected chi connectivity index (χ1v) is 10.0. The molecule has 1 aliphatic rings. The number of hydrogen-bond donors (Lipinski definition) is 1. The lowest BCUT2D eigenvalue weighted by Gasteiger charge is -2.34. The van der Waals surface area contributed by atoms with Crippen LogP contribution < -0.4 is 4.74 Å². The van der Waals surface area contributed by atoms with Gasteiger partial charge < -0.3 is 19.6 Å². The van der Waals surface area contributed by atoms with Crippen LogP contribution in [0, 0.1) is 11.3 Å². The fraction of sp³-hybridized carbons (Fsp3) is 0.391. The van der Waals surface area contributed by atoms with Gasteiger partial charge in [-0.3, -0.25) is 0 Å². The molecule has 29 heavy (non-hydrogen) atoms. The second kappa shape index (κ2) is 10.6. The molecule has 1 fully saturated rings. The van der Waals surface area contributed by atoms with Crippen molar-refractivity contribution in [3.8, 4) is 11.8 Å². The van der Waals surface area contributed by atoms with Gasteiger partial charge in [0.2, 0.25) is 0 Å². The summed E-state index contributed by atoms with van der Waals surface area (Å²) in [4.78, 5) is 15.8. The van der Waals surface area contributed by atoms with Gasteiger partial charge in [0.25, 0.3) is 0 Å². The van der Waals surface area contributed by atoms with E-state index in [9.17, 15) is 4.79 Å². The molecule has 152 valence electrons. The van der Waals surface area contributed by atoms with Crippen LogP contribution in [0.25, 0.3) is 0 Å². The van der Waals surface area contributed by atoms with E-state index in [4.69, 9.17) is 15.1 Å². The minimum atomic E-state index is -0.880. The largest absolute Gasteiger partial charge is 0.494 e. The van der Waals surface area contributed by atoms with Crippen LogP contribution in [0.2, 0.25) is 0 Å². The zero-order valence-electron chi connectivity index (χ0n) is 16.6. The highest BCUT2D eigenvalue weighted by molar-refractivity contribution is 5.87. The second-order valence-electron chi connectivity index (χ2n) is 7.27. The number of carboxylic acids is 1. The average molecular weight is 393 g/mol. The van der Waals surface area contributed by atoms with Crippen molar-refractivity contribution in [2.24, 2.45) is 0 Å². The predicted molar refractivity (Wildman–Crippen MR) is 111 cm³/mol. The maximum absolute atomic E-state index is 10.9. The van der Waals surface area contributed by atoms with E-state index in [1.807, 2.05) is 24.3 Å². The molecule has 0 unspecified atom stereocenters. The lowest BCUT2D eigenvalue weighted by Crippen LogP contribution is -2.47. The van der Waals surface area contributed by atoms with Gasteiger partial charge >= 0.3 is 5.97 Å². The molecule has 0 spiro atoms. The number of aromatic carboxylic acids is 1. The van der Waals surface area contributed by atoms with Gasteiger partial charge in [-0.1, -0.05) is 12.1 Å². The summed E-state index contributed by atoms with van der Waals surface area (Å²) >= 11 is 0. The van der Waals surface area contributed by atoms with E-state index >= 15 is 0 Å². The Bertz CT molecular complexity index is 820. The van der Waals surface area contributed by atoms with E-state index in [2.05, 4.69) is 15.9 Å². The Balaban J connectivity index is 1.29. The third-order valence-corrected chi connectivity index (χ3v) is 5.25. The lowest BCUT2D eigenvalue weighted by atomic mass is 10.1. The van der Waals surface area contributed by atoms with E-state index < -0.39 is 5.97 Å². The number of carbonyl (C=O) groups is 1. The van der Waals surface area contributed by atoms with Crippen LogP contribution in [0.15, 0.2) is 48.5 Å². The Morgan fingerprint density at radius 2 is 1.59 bits per heavy atom. The van der Waals surface area contributed by atoms with Gasteiger partial charge in [0.15, 0.2) is 0 Å². The molecular weight excluding hydrogens is 366 g/mol. The summed E-state index contributed by atoms with van der Waals surface area (Å²) in [7, 11) is 0. The van der Waals surface area contributed by atoms with Crippen LogP contribution in [0.4, 0.5) is 0 Å². The minimum Gasteiger partial charge on any atom is -0.494 e. The maximum Gasteiger partial charge on any atom is 0.335 e. The van der Waals surface area contributed by atoms with Crippen LogP contribution in [-0.2, 0) is 6.42 Å². The van der Waals surface area contributed by atoms with Crippen molar-refractivity contribution in [2.75, 3.05) is 45.9 Å². The first-order chi connectivity index (χ1) is 14.1. The third-order valence-electron chi connectivity index (χ3n) is 5.25. The fourth-order valence-electron chi connectivity index (χ4n) is 3.44. The summed E-state index contributed by atoms with van der Waals surface area (Å²) in [5, 5.41) is 17.8. The van der Waals surface area contributed by atoms with Crippen molar-refractivity contribution in [1.29, 1.82) is 5.26 Å². The molecule has 0 bridgehead atoms. The number of ether oxygens (including phenoxy) is 1. The molecule has 1 saturated heterocycles. The average Bonchev–Trinajstić information content (AvgIpc) is 2.77. The molecular formula is C23H27N3O3. The SMILES string of the molecule is N#Cc1ccc(OCCCN2CCN(CCc3ccc(C(=O)O)cc3)CC2)cc1. The predicted octanol–water partition coefficient (Wildman–Crippen LogP) is 2.89. The molecule has 6 heteroatoms. The van der Waals surface area contributed by atoms with E-state index in [1.54, 1.807) is 24.3 Å². The monoisotopic (exact) mass is 393 g/mol. The van der Waals surface area contributed by atoms with Gasteiger partial charge in [0.1, 0.15) is 5.75 Å². The summed E-state index contributed by atoms with van der Waals surface area (Å²) in [5.74, 6) is -0.0693. The molecule has 2 aromatic rings. The maximum atomic E-state index is 10.9. The lowest BCUT2D eigenvalue weighted by molar-refractivity contribution is 0.0697. The van der Waals surface area contributed by atoms with Crippen LogP contribution in [0.1, 0.15) is 27.9 Å². The van der Waals surface area contributed by atoms with Gasteiger partial charge in [-0.05, 0) is 54.8 Å². The molecule has 1 N–H and O–H groups in total. The van der Waals surface area contributed by atoms with Crippen LogP contribution in [-0.4, -0.2) is 66.8 Å². The number of rotatable bonds is 9. The molecule has 0 aromatic heterocycles. The number of piperazine rings is 1. The quantitative estimate of drug-likeness (QED) is 0.660. The summed E-state index contributed by atoms with van der Waals surface area (Å²) in [5.41, 5.74) is 2.16. The first-order valence-electron chi connectivity index (χ1n) is 10.0. The molecule has 0 saturated carbocycles. The normalized spacial score (nSPS) is 15.0. The standard InChI is InChI=1S/C23H27N3O3/c24-18-20-4-8-22(9-5-20)29-17-1-11-25-13-15-26(16-14-25)12-10-19-2-6-21(7-3-19)23(27)28/h2-9H,1,10-17H2,(H,27,28). The topological polar surface area (TPSA) is 76.8 Å². The molecule has 3 rings (SSSR count). The summed E-state index contributed by atoms with van der Waals surface area (Å²) in [6.07, 6.45) is 1.92. The van der Waals surface area contributed by atoms with Gasteiger partial charge in [0.05, 0.1) is 23.8 Å². The number of benzene rings is 2. The Morgan fingerprint density at radius 1 is 0.966 bits per heavy atom. The van der Waals surface area contributed by atoms with Crippen molar-refractivity contribution in [3.05, 3.63) is 65.2 Å². The minimum absolute atomic E-state index is 0.338. The smallest absolute Gasteiger partial charge is 0.335 e. The molecule has 6 nitrogen and oxygen atoms in total. The number of nitriles is 1. The summed E-state index contributed by atoms with van der Waals surface area (Å²) in [6, 6.07) is 16.5. The van der Waals surface area contributed by atoms with E-state index in [-0.39, 0.29) is 0 Å². The molecule has 1 aliphatic heterocycles. The third kappa shape index (κ3) is 6.60. The van der Waals surface area contributed by atoms with E-state index in [0.29, 0.717) is 17.7 Å². The van der Waals surface area contributed by atoms with Gasteiger partial charge in [-0.2, -0.15) is 5.26 Å². The zero-order valence-corrected chi connectivity index (χ0v) is 16.6. The molecule has 0 atom stereocenters. The molecule has 1 heterocycles. The fourth-order valence-corrected chi connectivity index (χ4v) is 3.44. The Labute approximate surface area is 171 Å². The van der Waals surface area contributed by atoms with Gasteiger partial charge in [-0.15, -0.1) is 0 Å². The van der Waals surface area contributed by atoms with Crippen LogP contribution in [0.5, 0.6) is 5.75 Å². The van der Waals surface area contributed by atoms with Crippen molar-refractivity contribution in [3.63, 3.8) is 0 Å². The van der Waals surface area contributed by atoms with E-state index in [0.717, 1.165) is 57.9 Å². The highest BCUT2D eigenvalue weighted by atomic mass is 16.5. The second-order valence-corrected chi connectivity index (χ2v) is 7.27. The molecule has 0 amide bonds. The molecule has 2 aromatic carbocycles. The van der Waals surface area contributed by atoms with Crippen molar-refractivity contribution >= 4 is 5.97 Å². The molecule has 0 radical (unpaired) electrons. The van der Waals surface area contributed by atoms with Gasteiger partial charge in [0, 0.05) is 39.3 Å². The number of hydrogen-bond acceptors (Lipinski definition) is 5. The Morgan fingerprint density at radius 3 is 2.17 bits per heavy atom. The summed E-state index contributed by atoms with van der Waals surface area (Å²) < 4.78 is 5.75. The Kier molecular flexibility index (Phi) is 7.62. The van der Waals surface area contributed by atoms with Crippen molar-refractivity contribution in [1.82, 2.24) is 9.80 Å². The van der Waals surface area contributed by atoms with Crippen molar-refractivity contribution < 1.29 is 14.6 Å². The Hall–Kier alpha value is -2.88. The van der Waals surface area contributed by atoms with Crippen molar-refractivity contribution in [2.45, 2.75) is 12.8 Å². The highest BCUT2D eigenvalue weighted by Gasteiger charge is 2.16. The first kappa shape index (κ1) is 20.8. The van der Waals surface area contributed by atoms with E-state index in [1.165, 1.54) is 5.56 Å². The number of carboxylic acid groups (broad SMARTS) is 1.